The van der Waals surface area contributed by atoms with Crippen molar-refractivity contribution in [1.29, 1.82) is 0 Å². The van der Waals surface area contributed by atoms with Gasteiger partial charge in [0, 0.05) is 0 Å². The maximum atomic E-state index is 5.32. The van der Waals surface area contributed by atoms with Crippen LogP contribution in [0, 0.1) is 0 Å². The van der Waals surface area contributed by atoms with Crippen LogP contribution in [-0.2, 0) is 4.74 Å². The maximum Gasteiger partial charge on any atom is 0.0844 e. The summed E-state index contributed by atoms with van der Waals surface area (Å²) in [5, 5.41) is 0. The van der Waals surface area contributed by atoms with Gasteiger partial charge in [-0.05, 0) is 19.3 Å². The van der Waals surface area contributed by atoms with Crippen LogP contribution in [0.2, 0.25) is 0 Å². The third kappa shape index (κ3) is 1.83. The average molecular weight is 126 g/mol. The number of hydrogen-bond donors (Lipinski definition) is 0. The molecular formula is C8H14O. The Hall–Kier alpha value is -0.300. The molecule has 1 aliphatic heterocycles. The molecule has 1 aliphatic rings. The lowest BCUT2D eigenvalue weighted by Gasteiger charge is -1.85. The Kier molecular flexibility index (Phi) is 2.29. The fraction of sp³-hybridized carbons (Fsp3) is 0.750. The monoisotopic (exact) mass is 126 g/mol. The van der Waals surface area contributed by atoms with Gasteiger partial charge in [0.1, 0.15) is 0 Å². The van der Waals surface area contributed by atoms with Crippen molar-refractivity contribution in [3.05, 3.63) is 12.7 Å². The Balaban J connectivity index is 1.98. The van der Waals surface area contributed by atoms with Crippen LogP contribution in [-0.4, -0.2) is 12.2 Å². The van der Waals surface area contributed by atoms with E-state index in [1.807, 2.05) is 6.08 Å². The molecule has 0 aromatic heterocycles. The molecule has 0 aromatic rings. The van der Waals surface area contributed by atoms with Crippen molar-refractivity contribution in [2.45, 2.75) is 38.4 Å². The van der Waals surface area contributed by atoms with Crippen LogP contribution in [0.3, 0.4) is 0 Å². The van der Waals surface area contributed by atoms with Crippen molar-refractivity contribution in [3.8, 4) is 0 Å². The molecule has 1 heteroatoms. The second-order valence-electron chi connectivity index (χ2n) is 2.49. The Morgan fingerprint density at radius 3 is 2.78 bits per heavy atom. The van der Waals surface area contributed by atoms with Gasteiger partial charge >= 0.3 is 0 Å². The molecular weight excluding hydrogens is 112 g/mol. The summed E-state index contributed by atoms with van der Waals surface area (Å²) >= 11 is 0. The zero-order valence-corrected chi connectivity index (χ0v) is 5.97. The van der Waals surface area contributed by atoms with Crippen molar-refractivity contribution >= 4 is 0 Å². The van der Waals surface area contributed by atoms with Gasteiger partial charge in [-0.2, -0.15) is 0 Å². The average Bonchev–Trinajstić information content (AvgIpc) is 2.62. The summed E-state index contributed by atoms with van der Waals surface area (Å²) in [5.41, 5.74) is 0. The predicted molar refractivity (Wildman–Crippen MR) is 38.4 cm³/mol. The third-order valence-electron chi connectivity index (χ3n) is 1.75. The van der Waals surface area contributed by atoms with E-state index in [1.54, 1.807) is 0 Å². The summed E-state index contributed by atoms with van der Waals surface area (Å²) in [5.74, 6) is 0. The second-order valence-corrected chi connectivity index (χ2v) is 2.49. The van der Waals surface area contributed by atoms with Gasteiger partial charge in [0.2, 0.25) is 0 Å². The summed E-state index contributed by atoms with van der Waals surface area (Å²) in [6.07, 6.45) is 6.53. The van der Waals surface area contributed by atoms with E-state index in [1.165, 1.54) is 12.8 Å². The van der Waals surface area contributed by atoms with Crippen molar-refractivity contribution in [2.75, 3.05) is 0 Å². The topological polar surface area (TPSA) is 12.5 Å². The summed E-state index contributed by atoms with van der Waals surface area (Å²) < 4.78 is 5.32. The first-order valence-electron chi connectivity index (χ1n) is 3.64. The smallest absolute Gasteiger partial charge is 0.0844 e. The molecule has 1 fully saturated rings. The van der Waals surface area contributed by atoms with Crippen molar-refractivity contribution in [1.82, 2.24) is 0 Å². The zero-order chi connectivity index (χ0) is 6.69. The highest BCUT2D eigenvalue weighted by molar-refractivity contribution is 4.85. The molecule has 1 rings (SSSR count). The standard InChI is InChI=1S/C8H14O/c1-3-5-6-8-7(4-2)9-8/h3,7-8H,1,4-6H2,2H3/t7-,8+/m0/s1. The molecule has 1 saturated heterocycles. The van der Waals surface area contributed by atoms with E-state index in [2.05, 4.69) is 13.5 Å². The summed E-state index contributed by atoms with van der Waals surface area (Å²) in [6.45, 7) is 5.82. The first kappa shape index (κ1) is 6.81. The minimum Gasteiger partial charge on any atom is -0.370 e. The van der Waals surface area contributed by atoms with Crippen LogP contribution < -0.4 is 0 Å². The lowest BCUT2D eigenvalue weighted by molar-refractivity contribution is 0.360. The van der Waals surface area contributed by atoms with E-state index >= 15 is 0 Å². The number of rotatable bonds is 4. The van der Waals surface area contributed by atoms with Gasteiger partial charge in [-0.15, -0.1) is 6.58 Å². The Labute approximate surface area is 56.7 Å². The quantitative estimate of drug-likeness (QED) is 0.415. The molecule has 2 atom stereocenters. The molecule has 0 aromatic carbocycles. The second kappa shape index (κ2) is 3.02. The summed E-state index contributed by atoms with van der Waals surface area (Å²) in [4.78, 5) is 0. The van der Waals surface area contributed by atoms with Gasteiger partial charge in [0.25, 0.3) is 0 Å². The molecule has 0 radical (unpaired) electrons. The number of hydrogen-bond acceptors (Lipinski definition) is 1. The van der Waals surface area contributed by atoms with Crippen molar-refractivity contribution < 1.29 is 4.74 Å². The van der Waals surface area contributed by atoms with E-state index in [-0.39, 0.29) is 0 Å². The first-order chi connectivity index (χ1) is 4.38. The molecule has 0 amide bonds. The lowest BCUT2D eigenvalue weighted by Crippen LogP contribution is -1.89. The Morgan fingerprint density at radius 2 is 2.33 bits per heavy atom. The maximum absolute atomic E-state index is 5.32. The van der Waals surface area contributed by atoms with Crippen LogP contribution in [0.25, 0.3) is 0 Å². The normalized spacial score (nSPS) is 32.1. The van der Waals surface area contributed by atoms with Crippen molar-refractivity contribution in [3.63, 3.8) is 0 Å². The minimum atomic E-state index is 0.563. The fourth-order valence-electron chi connectivity index (χ4n) is 1.07. The van der Waals surface area contributed by atoms with E-state index < -0.39 is 0 Å². The number of epoxide rings is 1. The lowest BCUT2D eigenvalue weighted by atomic mass is 10.2. The van der Waals surface area contributed by atoms with Crippen LogP contribution in [0.15, 0.2) is 12.7 Å². The molecule has 0 N–H and O–H groups in total. The highest BCUT2D eigenvalue weighted by Crippen LogP contribution is 2.28. The number of ether oxygens (including phenoxy) is 1. The van der Waals surface area contributed by atoms with Crippen molar-refractivity contribution in [2.24, 2.45) is 0 Å². The minimum absolute atomic E-state index is 0.563. The summed E-state index contributed by atoms with van der Waals surface area (Å²) in [6, 6.07) is 0. The Bertz CT molecular complexity index is 98.7. The highest BCUT2D eigenvalue weighted by atomic mass is 16.6. The number of allylic oxidation sites excluding steroid dienone is 1. The van der Waals surface area contributed by atoms with E-state index in [4.69, 9.17) is 4.74 Å². The van der Waals surface area contributed by atoms with Crippen LogP contribution in [0.4, 0.5) is 0 Å². The van der Waals surface area contributed by atoms with E-state index in [0.29, 0.717) is 12.2 Å². The van der Waals surface area contributed by atoms with Gasteiger partial charge in [-0.3, -0.25) is 0 Å². The van der Waals surface area contributed by atoms with Crippen LogP contribution >= 0.6 is 0 Å². The summed E-state index contributed by atoms with van der Waals surface area (Å²) in [7, 11) is 0. The molecule has 52 valence electrons. The van der Waals surface area contributed by atoms with Gasteiger partial charge < -0.3 is 4.74 Å². The molecule has 1 heterocycles. The van der Waals surface area contributed by atoms with E-state index in [0.717, 1.165) is 6.42 Å². The first-order valence-corrected chi connectivity index (χ1v) is 3.64. The largest absolute Gasteiger partial charge is 0.370 e. The van der Waals surface area contributed by atoms with Gasteiger partial charge in [0.05, 0.1) is 12.2 Å². The molecule has 0 bridgehead atoms. The van der Waals surface area contributed by atoms with Gasteiger partial charge in [-0.25, -0.2) is 0 Å². The molecule has 0 saturated carbocycles. The molecule has 0 aliphatic carbocycles. The molecule has 9 heavy (non-hydrogen) atoms. The van der Waals surface area contributed by atoms with Crippen LogP contribution in [0.1, 0.15) is 26.2 Å². The van der Waals surface area contributed by atoms with E-state index in [9.17, 15) is 0 Å². The van der Waals surface area contributed by atoms with Gasteiger partial charge in [0.15, 0.2) is 0 Å². The highest BCUT2D eigenvalue weighted by Gasteiger charge is 2.35. The third-order valence-corrected chi connectivity index (χ3v) is 1.75. The predicted octanol–water partition coefficient (Wildman–Crippen LogP) is 2.13. The van der Waals surface area contributed by atoms with Gasteiger partial charge in [-0.1, -0.05) is 13.0 Å². The molecule has 1 nitrogen and oxygen atoms in total. The molecule has 0 spiro atoms. The molecule has 0 unspecified atom stereocenters. The Morgan fingerprint density at radius 1 is 1.56 bits per heavy atom. The SMILES string of the molecule is C=CCC[C@H]1O[C@H]1CC. The van der Waals surface area contributed by atoms with Crippen LogP contribution in [0.5, 0.6) is 0 Å². The zero-order valence-electron chi connectivity index (χ0n) is 5.97. The fourth-order valence-corrected chi connectivity index (χ4v) is 1.07.